The van der Waals surface area contributed by atoms with E-state index in [9.17, 15) is 19.7 Å². The number of carbonyl (C=O) groups excluding carboxylic acids is 1. The highest BCUT2D eigenvalue weighted by atomic mass is 32.2. The Balaban J connectivity index is 1.64. The maximum atomic E-state index is 12.6. The molecule has 0 aliphatic heterocycles. The summed E-state index contributed by atoms with van der Waals surface area (Å²) in [7, 11) is 1.62. The Morgan fingerprint density at radius 1 is 1.20 bits per heavy atom. The molecule has 4 aromatic rings. The normalized spacial score (nSPS) is 12.2. The standard InChI is InChI=1S/C19H16N6O4S/c1-11(16(26)20-12-6-5-7-13(10-12)25(28)29)30-19-22-21-18-23(2)17(27)14-8-3-4-9-15(14)24(18)19/h3-11H,1-2H3,(H,20,26). The molecule has 30 heavy (non-hydrogen) atoms. The second kappa shape index (κ2) is 7.59. The van der Waals surface area contributed by atoms with Gasteiger partial charge in [0.1, 0.15) is 0 Å². The van der Waals surface area contributed by atoms with E-state index in [0.717, 1.165) is 0 Å². The van der Waals surface area contributed by atoms with Crippen LogP contribution in [-0.4, -0.2) is 35.2 Å². The first-order valence-corrected chi connectivity index (χ1v) is 9.79. The highest BCUT2D eigenvalue weighted by molar-refractivity contribution is 8.00. The van der Waals surface area contributed by atoms with Crippen molar-refractivity contribution in [2.24, 2.45) is 7.05 Å². The summed E-state index contributed by atoms with van der Waals surface area (Å²) < 4.78 is 3.14. The summed E-state index contributed by atoms with van der Waals surface area (Å²) in [6.45, 7) is 1.70. The molecule has 2 aromatic carbocycles. The number of aryl methyl sites for hydroxylation is 1. The predicted molar refractivity (Wildman–Crippen MR) is 113 cm³/mol. The van der Waals surface area contributed by atoms with Crippen LogP contribution in [0.4, 0.5) is 11.4 Å². The molecule has 1 amide bonds. The second-order valence-corrected chi connectivity index (χ2v) is 7.86. The van der Waals surface area contributed by atoms with Crippen molar-refractivity contribution >= 4 is 45.7 Å². The quantitative estimate of drug-likeness (QED) is 0.297. The zero-order chi connectivity index (χ0) is 21.4. The van der Waals surface area contributed by atoms with Crippen LogP contribution in [0.3, 0.4) is 0 Å². The van der Waals surface area contributed by atoms with Crippen molar-refractivity contribution in [2.45, 2.75) is 17.3 Å². The molecular weight excluding hydrogens is 408 g/mol. The summed E-state index contributed by atoms with van der Waals surface area (Å²) in [6.07, 6.45) is 0. The molecule has 1 N–H and O–H groups in total. The van der Waals surface area contributed by atoms with E-state index in [1.54, 1.807) is 42.6 Å². The summed E-state index contributed by atoms with van der Waals surface area (Å²) in [6, 6.07) is 12.9. The first-order chi connectivity index (χ1) is 14.4. The molecule has 4 rings (SSSR count). The van der Waals surface area contributed by atoms with Crippen LogP contribution in [-0.2, 0) is 11.8 Å². The molecule has 11 heteroatoms. The van der Waals surface area contributed by atoms with E-state index >= 15 is 0 Å². The van der Waals surface area contributed by atoms with Crippen LogP contribution in [0.25, 0.3) is 16.7 Å². The Labute approximate surface area is 173 Å². The van der Waals surface area contributed by atoms with Crippen LogP contribution in [0.1, 0.15) is 6.92 Å². The number of nitro groups is 1. The van der Waals surface area contributed by atoms with Gasteiger partial charge < -0.3 is 5.32 Å². The molecule has 0 bridgehead atoms. The number of amides is 1. The fourth-order valence-corrected chi connectivity index (χ4v) is 3.90. The van der Waals surface area contributed by atoms with E-state index in [4.69, 9.17) is 0 Å². The first kappa shape index (κ1) is 19.6. The number of fused-ring (bicyclic) bond motifs is 3. The Kier molecular flexibility index (Phi) is 4.96. The van der Waals surface area contributed by atoms with Crippen molar-refractivity contribution in [3.63, 3.8) is 0 Å². The lowest BCUT2D eigenvalue weighted by atomic mass is 10.2. The number of nitrogens with zero attached hydrogens (tertiary/aromatic N) is 5. The molecule has 0 saturated carbocycles. The number of thioether (sulfide) groups is 1. The number of carbonyl (C=O) groups is 1. The number of nitrogens with one attached hydrogen (secondary N) is 1. The highest BCUT2D eigenvalue weighted by Gasteiger charge is 2.21. The molecule has 0 aliphatic rings. The zero-order valence-electron chi connectivity index (χ0n) is 16.0. The van der Waals surface area contributed by atoms with Crippen molar-refractivity contribution in [2.75, 3.05) is 5.32 Å². The molecule has 1 atom stereocenters. The largest absolute Gasteiger partial charge is 0.325 e. The second-order valence-electron chi connectivity index (χ2n) is 6.56. The van der Waals surface area contributed by atoms with Crippen LogP contribution >= 0.6 is 11.8 Å². The minimum Gasteiger partial charge on any atom is -0.325 e. The van der Waals surface area contributed by atoms with E-state index in [-0.39, 0.29) is 17.2 Å². The van der Waals surface area contributed by atoms with Gasteiger partial charge in [-0.2, -0.15) is 0 Å². The summed E-state index contributed by atoms with van der Waals surface area (Å²) >= 11 is 1.18. The Hall–Kier alpha value is -3.73. The number of aromatic nitrogens is 4. The molecule has 0 aliphatic carbocycles. The minimum atomic E-state index is -0.576. The molecule has 0 saturated heterocycles. The van der Waals surface area contributed by atoms with Crippen LogP contribution in [0.15, 0.2) is 58.5 Å². The van der Waals surface area contributed by atoms with E-state index in [1.165, 1.54) is 34.5 Å². The Morgan fingerprint density at radius 2 is 1.97 bits per heavy atom. The minimum absolute atomic E-state index is 0.107. The maximum Gasteiger partial charge on any atom is 0.271 e. The van der Waals surface area contributed by atoms with Gasteiger partial charge in [0.15, 0.2) is 5.16 Å². The summed E-state index contributed by atoms with van der Waals surface area (Å²) in [5, 5.41) is 22.3. The predicted octanol–water partition coefficient (Wildman–Crippen LogP) is 2.61. The molecular formula is C19H16N6O4S. The molecule has 0 radical (unpaired) electrons. The summed E-state index contributed by atoms with van der Waals surface area (Å²) in [5.74, 6) is 0.0267. The fourth-order valence-electron chi connectivity index (χ4n) is 3.04. The van der Waals surface area contributed by atoms with Gasteiger partial charge in [0.2, 0.25) is 11.7 Å². The van der Waals surface area contributed by atoms with E-state index < -0.39 is 10.2 Å². The van der Waals surface area contributed by atoms with Crippen molar-refractivity contribution in [1.82, 2.24) is 19.2 Å². The summed E-state index contributed by atoms with van der Waals surface area (Å²) in [4.78, 5) is 35.5. The topological polar surface area (TPSA) is 124 Å². The average molecular weight is 424 g/mol. The summed E-state index contributed by atoms with van der Waals surface area (Å²) in [5.41, 5.74) is 0.692. The average Bonchev–Trinajstić information content (AvgIpc) is 3.16. The molecule has 152 valence electrons. The lowest BCUT2D eigenvalue weighted by Gasteiger charge is -2.12. The molecule has 10 nitrogen and oxygen atoms in total. The third kappa shape index (κ3) is 3.39. The lowest BCUT2D eigenvalue weighted by Crippen LogP contribution is -2.23. The van der Waals surface area contributed by atoms with Gasteiger partial charge in [-0.1, -0.05) is 30.0 Å². The monoisotopic (exact) mass is 424 g/mol. The third-order valence-corrected chi connectivity index (χ3v) is 5.61. The Morgan fingerprint density at radius 3 is 2.73 bits per heavy atom. The van der Waals surface area contributed by atoms with Gasteiger partial charge in [0.05, 0.1) is 21.1 Å². The van der Waals surface area contributed by atoms with Gasteiger partial charge in [-0.3, -0.25) is 28.7 Å². The van der Waals surface area contributed by atoms with Crippen molar-refractivity contribution < 1.29 is 9.72 Å². The number of benzene rings is 2. The van der Waals surface area contributed by atoms with E-state index in [0.29, 0.717) is 27.5 Å². The number of non-ortho nitro benzene ring substituents is 1. The van der Waals surface area contributed by atoms with Crippen LogP contribution < -0.4 is 10.9 Å². The van der Waals surface area contributed by atoms with Crippen molar-refractivity contribution in [3.8, 4) is 0 Å². The molecule has 0 spiro atoms. The molecule has 2 heterocycles. The fraction of sp³-hybridized carbons (Fsp3) is 0.158. The van der Waals surface area contributed by atoms with Gasteiger partial charge in [-0.15, -0.1) is 10.2 Å². The number of para-hydroxylation sites is 1. The number of rotatable bonds is 5. The number of hydrogen-bond donors (Lipinski definition) is 1. The molecule has 2 aromatic heterocycles. The van der Waals surface area contributed by atoms with Gasteiger partial charge in [0.25, 0.3) is 11.2 Å². The van der Waals surface area contributed by atoms with Gasteiger partial charge >= 0.3 is 0 Å². The smallest absolute Gasteiger partial charge is 0.271 e. The molecule has 1 unspecified atom stereocenters. The van der Waals surface area contributed by atoms with E-state index in [1.807, 2.05) is 6.07 Å². The maximum absolute atomic E-state index is 12.6. The van der Waals surface area contributed by atoms with Crippen LogP contribution in [0.5, 0.6) is 0 Å². The van der Waals surface area contributed by atoms with Crippen LogP contribution in [0.2, 0.25) is 0 Å². The number of nitro benzene ring substituents is 1. The van der Waals surface area contributed by atoms with Gasteiger partial charge in [-0.25, -0.2) is 0 Å². The third-order valence-electron chi connectivity index (χ3n) is 4.57. The van der Waals surface area contributed by atoms with E-state index in [2.05, 4.69) is 15.5 Å². The highest BCUT2D eigenvalue weighted by Crippen LogP contribution is 2.26. The lowest BCUT2D eigenvalue weighted by molar-refractivity contribution is -0.384. The van der Waals surface area contributed by atoms with Crippen molar-refractivity contribution in [1.29, 1.82) is 0 Å². The number of anilines is 1. The molecule has 0 fully saturated rings. The number of hydrogen-bond acceptors (Lipinski definition) is 7. The zero-order valence-corrected chi connectivity index (χ0v) is 16.8. The van der Waals surface area contributed by atoms with Crippen molar-refractivity contribution in [3.05, 3.63) is 69.0 Å². The van der Waals surface area contributed by atoms with Gasteiger partial charge in [-0.05, 0) is 25.1 Å². The SMILES string of the molecule is CC(Sc1nnc2n(C)c(=O)c3ccccc3n12)C(=O)Nc1cccc([N+](=O)[O-])c1. The van der Waals surface area contributed by atoms with Crippen LogP contribution in [0, 0.1) is 10.1 Å². The first-order valence-electron chi connectivity index (χ1n) is 8.91. The van der Waals surface area contributed by atoms with Gasteiger partial charge in [0, 0.05) is 24.9 Å². The Bertz CT molecular complexity index is 1360.